The molecule has 0 aliphatic carbocycles. The van der Waals surface area contributed by atoms with Crippen molar-refractivity contribution in [2.45, 2.75) is 0 Å². The van der Waals surface area contributed by atoms with E-state index in [-0.39, 0.29) is 5.75 Å². The van der Waals surface area contributed by atoms with Crippen LogP contribution in [0.2, 0.25) is 0 Å². The summed E-state index contributed by atoms with van der Waals surface area (Å²) in [6.07, 6.45) is 0. The molecule has 0 aliphatic heterocycles. The molecule has 1 aromatic carbocycles. The maximum atomic E-state index is 9.77. The molecular weight excluding hydrogens is 252 g/mol. The molecule has 13 heavy (non-hydrogen) atoms. The van der Waals surface area contributed by atoms with Crippen LogP contribution in [-0.2, 0) is 0 Å². The summed E-state index contributed by atoms with van der Waals surface area (Å²) >= 11 is 4.96. The quantitative estimate of drug-likeness (QED) is 0.850. The van der Waals surface area contributed by atoms with Crippen LogP contribution in [0.15, 0.2) is 22.0 Å². The zero-order chi connectivity index (χ0) is 9.42. The fourth-order valence-electron chi connectivity index (χ4n) is 1.22. The lowest BCUT2D eigenvalue weighted by Gasteiger charge is -2.03. The molecule has 2 nitrogen and oxygen atoms in total. The van der Waals surface area contributed by atoms with Gasteiger partial charge in [-0.1, -0.05) is 0 Å². The molecule has 0 bridgehead atoms. The molecule has 0 spiro atoms. The van der Waals surface area contributed by atoms with Gasteiger partial charge < -0.3 is 9.84 Å². The van der Waals surface area contributed by atoms with E-state index in [1.807, 2.05) is 11.4 Å². The molecule has 0 amide bonds. The maximum Gasteiger partial charge on any atom is 0.167 e. The molecule has 1 aromatic heterocycles. The number of aromatic hydroxyl groups is 1. The molecule has 0 unspecified atom stereocenters. The van der Waals surface area contributed by atoms with Crippen molar-refractivity contribution in [1.29, 1.82) is 0 Å². The monoisotopic (exact) mass is 258 g/mol. The minimum atomic E-state index is 0.202. The predicted octanol–water partition coefficient (Wildman–Crippen LogP) is 3.38. The Bertz CT molecular complexity index is 450. The normalized spacial score (nSPS) is 10.6. The third kappa shape index (κ3) is 1.30. The Morgan fingerprint density at radius 3 is 2.92 bits per heavy atom. The zero-order valence-electron chi connectivity index (χ0n) is 6.87. The number of ether oxygens (including phenoxy) is 1. The molecule has 0 atom stereocenters. The average molecular weight is 259 g/mol. The van der Waals surface area contributed by atoms with Gasteiger partial charge >= 0.3 is 0 Å². The first-order chi connectivity index (χ1) is 6.24. The van der Waals surface area contributed by atoms with Gasteiger partial charge in [0.05, 0.1) is 12.5 Å². The summed E-state index contributed by atoms with van der Waals surface area (Å²) in [6.45, 7) is 0. The second kappa shape index (κ2) is 3.20. The lowest BCUT2D eigenvalue weighted by molar-refractivity contribution is 0.376. The summed E-state index contributed by atoms with van der Waals surface area (Å²) in [5.41, 5.74) is 0. The van der Waals surface area contributed by atoms with Crippen molar-refractivity contribution in [3.63, 3.8) is 0 Å². The van der Waals surface area contributed by atoms with E-state index in [1.165, 1.54) is 0 Å². The Morgan fingerprint density at radius 2 is 2.23 bits per heavy atom. The molecule has 0 aliphatic rings. The number of phenolic OH excluding ortho intramolecular Hbond substituents is 1. The Labute approximate surface area is 87.9 Å². The number of benzene rings is 1. The maximum absolute atomic E-state index is 9.77. The number of rotatable bonds is 1. The molecule has 0 saturated heterocycles. The highest BCUT2D eigenvalue weighted by atomic mass is 79.9. The second-order valence-electron chi connectivity index (χ2n) is 2.57. The number of halogens is 1. The third-order valence-electron chi connectivity index (χ3n) is 1.85. The molecule has 1 heterocycles. The van der Waals surface area contributed by atoms with Gasteiger partial charge in [0.15, 0.2) is 11.5 Å². The lowest BCUT2D eigenvalue weighted by atomic mass is 10.2. The van der Waals surface area contributed by atoms with Gasteiger partial charge in [0.2, 0.25) is 0 Å². The standard InChI is InChI=1S/C9H7BrO2S/c1-12-6-2-3-7-8(9(6)11)5(10)4-13-7/h2-4,11H,1H3. The van der Waals surface area contributed by atoms with Crippen molar-refractivity contribution in [1.82, 2.24) is 0 Å². The first-order valence-corrected chi connectivity index (χ1v) is 5.34. The highest BCUT2D eigenvalue weighted by Crippen LogP contribution is 2.41. The second-order valence-corrected chi connectivity index (χ2v) is 4.34. The molecular formula is C9H7BrO2S. The van der Waals surface area contributed by atoms with Crippen LogP contribution in [0.1, 0.15) is 0 Å². The molecule has 1 N–H and O–H groups in total. The summed E-state index contributed by atoms with van der Waals surface area (Å²) < 4.78 is 6.96. The largest absolute Gasteiger partial charge is 0.504 e. The minimum Gasteiger partial charge on any atom is -0.504 e. The summed E-state index contributed by atoms with van der Waals surface area (Å²) in [7, 11) is 1.54. The molecule has 0 radical (unpaired) electrons. The van der Waals surface area contributed by atoms with Gasteiger partial charge in [-0.2, -0.15) is 0 Å². The molecule has 4 heteroatoms. The highest BCUT2D eigenvalue weighted by Gasteiger charge is 2.10. The first-order valence-electron chi connectivity index (χ1n) is 3.66. The van der Waals surface area contributed by atoms with Crippen LogP contribution < -0.4 is 4.74 Å². The van der Waals surface area contributed by atoms with E-state index in [0.29, 0.717) is 5.75 Å². The van der Waals surface area contributed by atoms with Crippen molar-refractivity contribution in [2.75, 3.05) is 7.11 Å². The van der Waals surface area contributed by atoms with Gasteiger partial charge in [0, 0.05) is 14.6 Å². The molecule has 0 fully saturated rings. The summed E-state index contributed by atoms with van der Waals surface area (Å²) in [5.74, 6) is 0.708. The first kappa shape index (κ1) is 8.84. The smallest absolute Gasteiger partial charge is 0.167 e. The summed E-state index contributed by atoms with van der Waals surface area (Å²) in [5, 5.41) is 12.5. The number of fused-ring (bicyclic) bond motifs is 1. The van der Waals surface area contributed by atoms with Crippen LogP contribution in [0.3, 0.4) is 0 Å². The van der Waals surface area contributed by atoms with E-state index >= 15 is 0 Å². The van der Waals surface area contributed by atoms with Gasteiger partial charge in [-0.3, -0.25) is 0 Å². The third-order valence-corrected chi connectivity index (χ3v) is 3.73. The molecule has 68 valence electrons. The summed E-state index contributed by atoms with van der Waals surface area (Å²) in [6, 6.07) is 3.70. The van der Waals surface area contributed by atoms with Gasteiger partial charge in [-0.05, 0) is 28.1 Å². The van der Waals surface area contributed by atoms with Gasteiger partial charge in [-0.25, -0.2) is 0 Å². The van der Waals surface area contributed by atoms with Crippen LogP contribution in [0.4, 0.5) is 0 Å². The van der Waals surface area contributed by atoms with Gasteiger partial charge in [0.1, 0.15) is 0 Å². The van der Waals surface area contributed by atoms with E-state index in [2.05, 4.69) is 15.9 Å². The molecule has 0 saturated carbocycles. The van der Waals surface area contributed by atoms with E-state index in [1.54, 1.807) is 24.5 Å². The fourth-order valence-corrected chi connectivity index (χ4v) is 2.85. The van der Waals surface area contributed by atoms with Crippen molar-refractivity contribution in [3.05, 3.63) is 22.0 Å². The Hall–Kier alpha value is -0.740. The Balaban J connectivity index is 2.83. The van der Waals surface area contributed by atoms with E-state index in [9.17, 15) is 5.11 Å². The van der Waals surface area contributed by atoms with E-state index in [0.717, 1.165) is 14.6 Å². The SMILES string of the molecule is COc1ccc2scc(Br)c2c1O. The van der Waals surface area contributed by atoms with Gasteiger partial charge in [-0.15, -0.1) is 11.3 Å². The number of hydrogen-bond acceptors (Lipinski definition) is 3. The van der Waals surface area contributed by atoms with Crippen LogP contribution >= 0.6 is 27.3 Å². The van der Waals surface area contributed by atoms with E-state index in [4.69, 9.17) is 4.74 Å². The fraction of sp³-hybridized carbons (Fsp3) is 0.111. The van der Waals surface area contributed by atoms with Crippen molar-refractivity contribution < 1.29 is 9.84 Å². The Kier molecular flexibility index (Phi) is 2.17. The van der Waals surface area contributed by atoms with Gasteiger partial charge in [0.25, 0.3) is 0 Å². The van der Waals surface area contributed by atoms with Crippen LogP contribution in [0.25, 0.3) is 10.1 Å². The van der Waals surface area contributed by atoms with E-state index < -0.39 is 0 Å². The molecule has 2 rings (SSSR count). The van der Waals surface area contributed by atoms with Crippen molar-refractivity contribution in [3.8, 4) is 11.5 Å². The number of phenols is 1. The average Bonchev–Trinajstić information content (AvgIpc) is 2.49. The molecule has 2 aromatic rings. The minimum absolute atomic E-state index is 0.202. The number of hydrogen-bond donors (Lipinski definition) is 1. The summed E-state index contributed by atoms with van der Waals surface area (Å²) in [4.78, 5) is 0. The van der Waals surface area contributed by atoms with Crippen LogP contribution in [0.5, 0.6) is 11.5 Å². The highest BCUT2D eigenvalue weighted by molar-refractivity contribution is 9.10. The number of thiophene rings is 1. The number of methoxy groups -OCH3 is 1. The zero-order valence-corrected chi connectivity index (χ0v) is 9.28. The lowest BCUT2D eigenvalue weighted by Crippen LogP contribution is -1.82. The van der Waals surface area contributed by atoms with Crippen molar-refractivity contribution >= 4 is 37.4 Å². The van der Waals surface area contributed by atoms with Crippen molar-refractivity contribution in [2.24, 2.45) is 0 Å². The van der Waals surface area contributed by atoms with Crippen LogP contribution in [-0.4, -0.2) is 12.2 Å². The Morgan fingerprint density at radius 1 is 1.46 bits per heavy atom. The topological polar surface area (TPSA) is 29.5 Å². The predicted molar refractivity (Wildman–Crippen MR) is 57.7 cm³/mol. The van der Waals surface area contributed by atoms with Crippen LogP contribution in [0, 0.1) is 0 Å².